The van der Waals surface area contributed by atoms with Crippen LogP contribution in [-0.4, -0.2) is 37.8 Å². The second-order valence-electron chi connectivity index (χ2n) is 8.89. The summed E-state index contributed by atoms with van der Waals surface area (Å²) in [6.07, 6.45) is 6.14. The predicted octanol–water partition coefficient (Wildman–Crippen LogP) is 4.89. The Morgan fingerprint density at radius 3 is 2.55 bits per heavy atom. The van der Waals surface area contributed by atoms with E-state index in [-0.39, 0.29) is 17.4 Å². The lowest BCUT2D eigenvalue weighted by atomic mass is 10.1. The summed E-state index contributed by atoms with van der Waals surface area (Å²) >= 11 is 7.39. The molecule has 11 heteroatoms. The Hall–Kier alpha value is -3.52. The molecule has 1 unspecified atom stereocenters. The van der Waals surface area contributed by atoms with Crippen molar-refractivity contribution in [1.29, 1.82) is 5.26 Å². The highest BCUT2D eigenvalue weighted by atomic mass is 35.5. The van der Waals surface area contributed by atoms with E-state index in [1.807, 2.05) is 36.4 Å². The number of halogens is 1. The number of hydrogen-bond acceptors (Lipinski definition) is 8. The molecule has 0 fully saturated rings. The predicted molar refractivity (Wildman–Crippen MR) is 151 cm³/mol. The van der Waals surface area contributed by atoms with E-state index in [2.05, 4.69) is 25.7 Å². The van der Waals surface area contributed by atoms with Gasteiger partial charge in [-0.15, -0.1) is 11.3 Å². The van der Waals surface area contributed by atoms with Crippen LogP contribution in [0.1, 0.15) is 38.5 Å². The first-order chi connectivity index (χ1) is 18.2. The molecule has 0 saturated heterocycles. The number of thiazole rings is 1. The first-order valence-corrected chi connectivity index (χ1v) is 14.8. The number of rotatable bonds is 10. The number of aryl methyl sites for hydroxylation is 1. The molecule has 4 rings (SSSR count). The van der Waals surface area contributed by atoms with Crippen LogP contribution in [0.25, 0.3) is 0 Å². The lowest BCUT2D eigenvalue weighted by Crippen LogP contribution is -2.35. The Morgan fingerprint density at radius 1 is 1.18 bits per heavy atom. The maximum atomic E-state index is 12.9. The number of sulfonamides is 1. The van der Waals surface area contributed by atoms with Crippen LogP contribution in [-0.2, 0) is 23.0 Å². The highest BCUT2D eigenvalue weighted by Crippen LogP contribution is 2.28. The number of anilines is 1. The van der Waals surface area contributed by atoms with Crippen molar-refractivity contribution >= 4 is 50.2 Å². The van der Waals surface area contributed by atoms with Gasteiger partial charge in [0.25, 0.3) is 5.91 Å². The van der Waals surface area contributed by atoms with Crippen LogP contribution in [0.15, 0.2) is 65.8 Å². The molecule has 1 aliphatic rings. The molecular formula is C27H26ClN5O3S2. The topological polar surface area (TPSA) is 116 Å². The van der Waals surface area contributed by atoms with Gasteiger partial charge in [0.1, 0.15) is 5.69 Å². The van der Waals surface area contributed by atoms with Gasteiger partial charge in [-0.3, -0.25) is 9.79 Å². The summed E-state index contributed by atoms with van der Waals surface area (Å²) < 4.78 is 27.4. The van der Waals surface area contributed by atoms with Crippen LogP contribution in [0.4, 0.5) is 5.13 Å². The maximum absolute atomic E-state index is 12.9. The number of allylic oxidation sites excluding steroid dienone is 1. The second kappa shape index (κ2) is 12.3. The third kappa shape index (κ3) is 7.51. The molecule has 1 amide bonds. The average molecular weight is 568 g/mol. The molecular weight excluding hydrogens is 542 g/mol. The van der Waals surface area contributed by atoms with Crippen LogP contribution in [0, 0.1) is 24.2 Å². The third-order valence-corrected chi connectivity index (χ3v) is 8.60. The van der Waals surface area contributed by atoms with Gasteiger partial charge in [0.2, 0.25) is 10.0 Å². The van der Waals surface area contributed by atoms with Gasteiger partial charge < -0.3 is 4.90 Å². The number of aliphatic imine (C=N–C) groups is 1. The minimum absolute atomic E-state index is 0.0915. The summed E-state index contributed by atoms with van der Waals surface area (Å²) in [7, 11) is -3.86. The van der Waals surface area contributed by atoms with Gasteiger partial charge in [0.15, 0.2) is 5.13 Å². The molecule has 8 nitrogen and oxygen atoms in total. The van der Waals surface area contributed by atoms with Gasteiger partial charge in [-0.05, 0) is 61.1 Å². The molecule has 1 atom stereocenters. The number of benzene rings is 2. The van der Waals surface area contributed by atoms with Crippen molar-refractivity contribution in [2.75, 3.05) is 17.2 Å². The summed E-state index contributed by atoms with van der Waals surface area (Å²) in [6, 6.07) is 17.0. The van der Waals surface area contributed by atoms with Crippen molar-refractivity contribution in [3.63, 3.8) is 0 Å². The number of nitrogens with zero attached hydrogens (tertiary/aromatic N) is 4. The first-order valence-electron chi connectivity index (χ1n) is 11.9. The van der Waals surface area contributed by atoms with Crippen LogP contribution in [0.2, 0.25) is 5.02 Å². The molecule has 38 heavy (non-hydrogen) atoms. The molecule has 0 spiro atoms. The van der Waals surface area contributed by atoms with Gasteiger partial charge in [-0.25, -0.2) is 18.1 Å². The van der Waals surface area contributed by atoms with Crippen molar-refractivity contribution in [3.05, 3.63) is 93.1 Å². The summed E-state index contributed by atoms with van der Waals surface area (Å²) in [4.78, 5) is 24.1. The number of amides is 1. The lowest BCUT2D eigenvalue weighted by molar-refractivity contribution is 0.0976. The molecule has 0 bridgehead atoms. The number of carbonyl (C=O) groups excluding carboxylic acids is 1. The minimum Gasteiger partial charge on any atom is -0.343 e. The van der Waals surface area contributed by atoms with Crippen molar-refractivity contribution < 1.29 is 13.2 Å². The smallest absolute Gasteiger partial charge is 0.284 e. The third-order valence-electron chi connectivity index (χ3n) is 5.95. The number of aromatic nitrogens is 1. The number of hydrogen-bond donors (Lipinski definition) is 1. The van der Waals surface area contributed by atoms with Gasteiger partial charge >= 0.3 is 0 Å². The number of carbonyl (C=O) groups is 1. The Balaban J connectivity index is 1.51. The summed E-state index contributed by atoms with van der Waals surface area (Å²) in [5, 5.41) is 10.3. The largest absolute Gasteiger partial charge is 0.343 e. The quantitative estimate of drug-likeness (QED) is 0.373. The van der Waals surface area contributed by atoms with Gasteiger partial charge in [-0.1, -0.05) is 41.9 Å². The standard InChI is InChI=1S/C27H26ClN5O3S2/c1-19-25(26(34)32-38(35,36)18-23-10-13-30-14-11-23)31-27(37-19)33(17-22-6-8-24(28)9-7-22)15-12-20-2-4-21(16-29)5-3-20/h2-10,13-14,23H,11-12,15,17-18H2,1H3,(H,32,34). The summed E-state index contributed by atoms with van der Waals surface area (Å²) in [5.74, 6) is -1.18. The zero-order valence-corrected chi connectivity index (χ0v) is 23.1. The highest BCUT2D eigenvalue weighted by Gasteiger charge is 2.25. The van der Waals surface area contributed by atoms with Crippen LogP contribution >= 0.6 is 22.9 Å². The first kappa shape index (κ1) is 27.5. The number of nitrogens with one attached hydrogen (secondary N) is 1. The van der Waals surface area contributed by atoms with E-state index in [1.54, 1.807) is 37.5 Å². The van der Waals surface area contributed by atoms with Crippen molar-refractivity contribution in [2.24, 2.45) is 10.9 Å². The molecule has 2 heterocycles. The molecule has 2 aromatic carbocycles. The molecule has 196 valence electrons. The van der Waals surface area contributed by atoms with Crippen LogP contribution in [0.5, 0.6) is 0 Å². The molecule has 0 radical (unpaired) electrons. The van der Waals surface area contributed by atoms with E-state index >= 15 is 0 Å². The minimum atomic E-state index is -3.86. The molecule has 1 N–H and O–H groups in total. The van der Waals surface area contributed by atoms with E-state index in [0.717, 1.165) is 11.1 Å². The fourth-order valence-corrected chi connectivity index (χ4v) is 6.26. The highest BCUT2D eigenvalue weighted by molar-refractivity contribution is 7.90. The van der Waals surface area contributed by atoms with Crippen LogP contribution in [0.3, 0.4) is 0 Å². The zero-order chi connectivity index (χ0) is 27.1. The zero-order valence-electron chi connectivity index (χ0n) is 20.7. The Labute approximate surface area is 231 Å². The molecule has 3 aromatic rings. The fourth-order valence-electron chi connectivity index (χ4n) is 3.93. The van der Waals surface area contributed by atoms with E-state index in [9.17, 15) is 13.2 Å². The molecule has 1 aliphatic heterocycles. The maximum Gasteiger partial charge on any atom is 0.284 e. The summed E-state index contributed by atoms with van der Waals surface area (Å²) in [6.45, 7) is 2.87. The molecule has 0 aliphatic carbocycles. The van der Waals surface area contributed by atoms with Crippen molar-refractivity contribution in [2.45, 2.75) is 26.3 Å². The van der Waals surface area contributed by atoms with Gasteiger partial charge in [0.05, 0.1) is 17.4 Å². The monoisotopic (exact) mass is 567 g/mol. The van der Waals surface area contributed by atoms with Crippen molar-refractivity contribution in [1.82, 2.24) is 9.71 Å². The SMILES string of the molecule is Cc1sc(N(CCc2ccc(C#N)cc2)Cc2ccc(Cl)cc2)nc1C(=O)NS(=O)(=O)CC1C=CN=CC1. The Bertz CT molecular complexity index is 1490. The van der Waals surface area contributed by atoms with E-state index in [4.69, 9.17) is 16.9 Å². The fraction of sp³-hybridized carbons (Fsp3) is 0.259. The van der Waals surface area contributed by atoms with E-state index in [0.29, 0.717) is 46.5 Å². The molecule has 1 aromatic heterocycles. The van der Waals surface area contributed by atoms with Crippen molar-refractivity contribution in [3.8, 4) is 6.07 Å². The normalized spacial score (nSPS) is 14.7. The second-order valence-corrected chi connectivity index (χ2v) is 12.3. The summed E-state index contributed by atoms with van der Waals surface area (Å²) in [5.41, 5.74) is 2.76. The van der Waals surface area contributed by atoms with E-state index < -0.39 is 15.9 Å². The van der Waals surface area contributed by atoms with Gasteiger partial charge in [-0.2, -0.15) is 5.26 Å². The average Bonchev–Trinajstić information content (AvgIpc) is 3.29. The molecule has 0 saturated carbocycles. The van der Waals surface area contributed by atoms with Crippen LogP contribution < -0.4 is 9.62 Å². The Kier molecular flexibility index (Phi) is 8.94. The number of nitriles is 1. The van der Waals surface area contributed by atoms with Gasteiger partial charge in [0, 0.05) is 35.4 Å². The van der Waals surface area contributed by atoms with E-state index in [1.165, 1.54) is 11.3 Å². The Morgan fingerprint density at radius 2 is 1.89 bits per heavy atom. The lowest BCUT2D eigenvalue weighted by Gasteiger charge is -2.22.